The van der Waals surface area contributed by atoms with E-state index < -0.39 is 0 Å². The van der Waals surface area contributed by atoms with Gasteiger partial charge in [0, 0.05) is 6.42 Å². The molecule has 2 N–H and O–H groups in total. The van der Waals surface area contributed by atoms with Gasteiger partial charge < -0.3 is 5.73 Å². The number of carbonyl (C=O) groups excluding carboxylic acids is 1. The molecule has 0 atom stereocenters. The first-order valence-corrected chi connectivity index (χ1v) is 4.71. The minimum Gasteiger partial charge on any atom is -0.370 e. The number of halogens is 1. The fourth-order valence-corrected chi connectivity index (χ4v) is 1.28. The number of hydrogen-bond acceptors (Lipinski definition) is 1. The average Bonchev–Trinajstić information content (AvgIpc) is 2.15. The van der Waals surface area contributed by atoms with Crippen molar-refractivity contribution < 1.29 is 9.18 Å². The standard InChI is InChI=1S/C11H14FNO/c12-10-7-5-9(6-8-10)3-1-2-4-11(13)14/h5-8H,1-4H2,(H2,13,14). The maximum absolute atomic E-state index is 12.5. The molecular formula is C11H14FNO. The lowest BCUT2D eigenvalue weighted by molar-refractivity contribution is -0.118. The van der Waals surface area contributed by atoms with Crippen LogP contribution in [0.15, 0.2) is 24.3 Å². The molecule has 0 unspecified atom stereocenters. The summed E-state index contributed by atoms with van der Waals surface area (Å²) in [7, 11) is 0. The fraction of sp³-hybridized carbons (Fsp3) is 0.364. The second-order valence-electron chi connectivity index (χ2n) is 3.30. The average molecular weight is 195 g/mol. The Bertz CT molecular complexity index is 295. The third-order valence-electron chi connectivity index (χ3n) is 2.05. The molecule has 0 saturated carbocycles. The van der Waals surface area contributed by atoms with Crippen molar-refractivity contribution >= 4 is 5.91 Å². The van der Waals surface area contributed by atoms with Crippen molar-refractivity contribution in [3.8, 4) is 0 Å². The molecule has 1 aromatic rings. The highest BCUT2D eigenvalue weighted by atomic mass is 19.1. The van der Waals surface area contributed by atoms with Gasteiger partial charge in [0.1, 0.15) is 5.82 Å². The Morgan fingerprint density at radius 2 is 1.86 bits per heavy atom. The first-order chi connectivity index (χ1) is 6.68. The van der Waals surface area contributed by atoms with Gasteiger partial charge in [-0.3, -0.25) is 4.79 Å². The molecule has 3 heteroatoms. The minimum atomic E-state index is -0.260. The van der Waals surface area contributed by atoms with E-state index in [2.05, 4.69) is 0 Å². The van der Waals surface area contributed by atoms with Crippen LogP contribution in [-0.4, -0.2) is 5.91 Å². The monoisotopic (exact) mass is 195 g/mol. The highest BCUT2D eigenvalue weighted by Gasteiger charge is 1.96. The molecule has 76 valence electrons. The zero-order valence-electron chi connectivity index (χ0n) is 8.00. The van der Waals surface area contributed by atoms with Crippen LogP contribution in [0.1, 0.15) is 24.8 Å². The maximum Gasteiger partial charge on any atom is 0.217 e. The second-order valence-corrected chi connectivity index (χ2v) is 3.30. The lowest BCUT2D eigenvalue weighted by Gasteiger charge is -2.00. The van der Waals surface area contributed by atoms with Crippen LogP contribution in [0.25, 0.3) is 0 Å². The third-order valence-corrected chi connectivity index (χ3v) is 2.05. The van der Waals surface area contributed by atoms with Gasteiger partial charge in [-0.15, -0.1) is 0 Å². The molecule has 2 nitrogen and oxygen atoms in total. The summed E-state index contributed by atoms with van der Waals surface area (Å²) < 4.78 is 12.5. The van der Waals surface area contributed by atoms with E-state index in [4.69, 9.17) is 5.73 Å². The molecular weight excluding hydrogens is 181 g/mol. The predicted molar refractivity (Wildman–Crippen MR) is 53.1 cm³/mol. The molecule has 0 radical (unpaired) electrons. The number of primary amides is 1. The lowest BCUT2D eigenvalue weighted by atomic mass is 10.1. The summed E-state index contributed by atoms with van der Waals surface area (Å²) in [5.74, 6) is -0.477. The summed E-state index contributed by atoms with van der Waals surface area (Å²) in [5.41, 5.74) is 6.10. The summed E-state index contributed by atoms with van der Waals surface area (Å²) in [6.07, 6.45) is 3.01. The van der Waals surface area contributed by atoms with Crippen LogP contribution in [0.5, 0.6) is 0 Å². The van der Waals surface area contributed by atoms with Gasteiger partial charge in [0.05, 0.1) is 0 Å². The molecule has 14 heavy (non-hydrogen) atoms. The van der Waals surface area contributed by atoms with Crippen LogP contribution in [0.4, 0.5) is 4.39 Å². The SMILES string of the molecule is NC(=O)CCCCc1ccc(F)cc1. The van der Waals surface area contributed by atoms with E-state index in [-0.39, 0.29) is 11.7 Å². The molecule has 0 aliphatic heterocycles. The van der Waals surface area contributed by atoms with Crippen molar-refractivity contribution in [1.29, 1.82) is 0 Å². The maximum atomic E-state index is 12.5. The number of benzene rings is 1. The van der Waals surface area contributed by atoms with Crippen LogP contribution in [0.2, 0.25) is 0 Å². The normalized spacial score (nSPS) is 10.1. The van der Waals surface area contributed by atoms with E-state index in [1.54, 1.807) is 12.1 Å². The van der Waals surface area contributed by atoms with Crippen LogP contribution >= 0.6 is 0 Å². The molecule has 0 fully saturated rings. The smallest absolute Gasteiger partial charge is 0.217 e. The first-order valence-electron chi connectivity index (χ1n) is 4.71. The summed E-state index contributed by atoms with van der Waals surface area (Å²) in [6, 6.07) is 6.42. The largest absolute Gasteiger partial charge is 0.370 e. The van der Waals surface area contributed by atoms with Gasteiger partial charge in [-0.1, -0.05) is 12.1 Å². The van der Waals surface area contributed by atoms with Crippen LogP contribution in [0.3, 0.4) is 0 Å². The molecule has 0 bridgehead atoms. The van der Waals surface area contributed by atoms with E-state index in [1.165, 1.54) is 12.1 Å². The summed E-state index contributed by atoms with van der Waals surface area (Å²) in [4.78, 5) is 10.4. The molecule has 1 rings (SSSR count). The Kier molecular flexibility index (Phi) is 4.11. The molecule has 0 aliphatic rings. The molecule has 1 amide bonds. The quantitative estimate of drug-likeness (QED) is 0.718. The van der Waals surface area contributed by atoms with Gasteiger partial charge in [-0.05, 0) is 37.0 Å². The number of aryl methyl sites for hydroxylation is 1. The van der Waals surface area contributed by atoms with E-state index in [9.17, 15) is 9.18 Å². The van der Waals surface area contributed by atoms with Gasteiger partial charge in [0.2, 0.25) is 5.91 Å². The van der Waals surface area contributed by atoms with Crippen LogP contribution in [0, 0.1) is 5.82 Å². The predicted octanol–water partition coefficient (Wildman–Crippen LogP) is 2.02. The number of hydrogen-bond donors (Lipinski definition) is 1. The van der Waals surface area contributed by atoms with Crippen molar-refractivity contribution in [2.24, 2.45) is 5.73 Å². The van der Waals surface area contributed by atoms with Crippen molar-refractivity contribution in [3.63, 3.8) is 0 Å². The zero-order chi connectivity index (χ0) is 10.4. The Labute approximate surface area is 82.9 Å². The highest BCUT2D eigenvalue weighted by molar-refractivity contribution is 5.73. The Balaban J connectivity index is 2.25. The van der Waals surface area contributed by atoms with Crippen molar-refractivity contribution in [3.05, 3.63) is 35.6 Å². The van der Waals surface area contributed by atoms with Crippen LogP contribution in [-0.2, 0) is 11.2 Å². The van der Waals surface area contributed by atoms with E-state index in [1.807, 2.05) is 0 Å². The number of nitrogens with two attached hydrogens (primary N) is 1. The fourth-order valence-electron chi connectivity index (χ4n) is 1.28. The number of amides is 1. The highest BCUT2D eigenvalue weighted by Crippen LogP contribution is 2.07. The molecule has 0 heterocycles. The molecule has 0 spiro atoms. The molecule has 0 aromatic heterocycles. The topological polar surface area (TPSA) is 43.1 Å². The van der Waals surface area contributed by atoms with Crippen LogP contribution < -0.4 is 5.73 Å². The van der Waals surface area contributed by atoms with E-state index in [0.717, 1.165) is 24.8 Å². The molecule has 0 saturated heterocycles. The lowest BCUT2D eigenvalue weighted by Crippen LogP contribution is -2.09. The number of rotatable bonds is 5. The van der Waals surface area contributed by atoms with E-state index >= 15 is 0 Å². The number of unbranched alkanes of at least 4 members (excludes halogenated alkanes) is 1. The zero-order valence-corrected chi connectivity index (χ0v) is 8.00. The van der Waals surface area contributed by atoms with Gasteiger partial charge in [-0.25, -0.2) is 4.39 Å². The van der Waals surface area contributed by atoms with Gasteiger partial charge >= 0.3 is 0 Å². The van der Waals surface area contributed by atoms with Gasteiger partial charge in [0.25, 0.3) is 0 Å². The van der Waals surface area contributed by atoms with Gasteiger partial charge in [-0.2, -0.15) is 0 Å². The summed E-state index contributed by atoms with van der Waals surface area (Å²) in [6.45, 7) is 0. The van der Waals surface area contributed by atoms with Crippen molar-refractivity contribution in [1.82, 2.24) is 0 Å². The first kappa shape index (κ1) is 10.7. The Morgan fingerprint density at radius 3 is 2.43 bits per heavy atom. The summed E-state index contributed by atoms with van der Waals surface area (Å²) >= 11 is 0. The third kappa shape index (κ3) is 4.03. The van der Waals surface area contributed by atoms with E-state index in [0.29, 0.717) is 6.42 Å². The summed E-state index contributed by atoms with van der Waals surface area (Å²) in [5, 5.41) is 0. The van der Waals surface area contributed by atoms with Crippen molar-refractivity contribution in [2.75, 3.05) is 0 Å². The Morgan fingerprint density at radius 1 is 1.21 bits per heavy atom. The van der Waals surface area contributed by atoms with Crippen molar-refractivity contribution in [2.45, 2.75) is 25.7 Å². The Hall–Kier alpha value is -1.38. The van der Waals surface area contributed by atoms with Gasteiger partial charge in [0.15, 0.2) is 0 Å². The molecule has 0 aliphatic carbocycles. The molecule has 1 aromatic carbocycles. The number of carbonyl (C=O) groups is 1. The second kappa shape index (κ2) is 5.37. The minimum absolute atomic E-state index is 0.217.